The third-order valence-electron chi connectivity index (χ3n) is 3.00. The number of halogens is 1. The van der Waals surface area contributed by atoms with Gasteiger partial charge in [-0.05, 0) is 35.8 Å². The predicted molar refractivity (Wildman–Crippen MR) is 60.5 cm³/mol. The van der Waals surface area contributed by atoms with Crippen LogP contribution in [0.1, 0.15) is 19.4 Å². The van der Waals surface area contributed by atoms with Crippen molar-refractivity contribution in [3.63, 3.8) is 0 Å². The van der Waals surface area contributed by atoms with Crippen molar-refractivity contribution in [2.75, 3.05) is 0 Å². The molecule has 1 unspecified atom stereocenters. The Kier molecular flexibility index (Phi) is 2.10. The Morgan fingerprint density at radius 1 is 1.27 bits per heavy atom. The van der Waals surface area contributed by atoms with E-state index in [0.717, 1.165) is 0 Å². The Bertz CT molecular complexity index is 517. The van der Waals surface area contributed by atoms with Crippen LogP contribution in [-0.4, -0.2) is 18.3 Å². The highest BCUT2D eigenvalue weighted by molar-refractivity contribution is 9.09. The molecule has 0 saturated heterocycles. The van der Waals surface area contributed by atoms with Crippen molar-refractivity contribution in [2.45, 2.75) is 28.0 Å². The molecule has 1 aliphatic rings. The third kappa shape index (κ3) is 1.11. The molecule has 82 valence electrons. The molecule has 0 bridgehead atoms. The zero-order valence-corrected chi connectivity index (χ0v) is 10.8. The molecule has 0 amide bonds. The van der Waals surface area contributed by atoms with E-state index in [-0.39, 0.29) is 4.90 Å². The number of fused-ring (bicyclic) bond motifs is 1. The fraction of sp³-hybridized carbons (Fsp3) is 0.400. The van der Waals surface area contributed by atoms with E-state index in [1.54, 1.807) is 18.2 Å². The Labute approximate surface area is 97.2 Å². The molecule has 1 atom stereocenters. The first-order valence-corrected chi connectivity index (χ1v) is 6.76. The molecular formula is C10H11BrO3S. The first-order valence-electron chi connectivity index (χ1n) is 4.48. The molecule has 0 fully saturated rings. The average Bonchev–Trinajstić information content (AvgIpc) is 2.26. The first kappa shape index (κ1) is 11.1. The Hall–Kier alpha value is -0.390. The van der Waals surface area contributed by atoms with Gasteiger partial charge in [-0.2, -0.15) is 0 Å². The smallest absolute Gasteiger partial charge is 0.188 e. The maximum absolute atomic E-state index is 12.1. The molecule has 3 nitrogen and oxygen atoms in total. The first-order chi connectivity index (χ1) is 6.73. The van der Waals surface area contributed by atoms with Crippen LogP contribution in [0.4, 0.5) is 0 Å². The van der Waals surface area contributed by atoms with Crippen molar-refractivity contribution in [2.24, 2.45) is 0 Å². The minimum Gasteiger partial charge on any atom is -0.373 e. The highest BCUT2D eigenvalue weighted by Gasteiger charge is 2.60. The summed E-state index contributed by atoms with van der Waals surface area (Å²) in [5.74, 6) is 0. The summed E-state index contributed by atoms with van der Waals surface area (Å²) in [6.07, 6.45) is 0. The van der Waals surface area contributed by atoms with Gasteiger partial charge in [0, 0.05) is 5.56 Å². The number of alkyl halides is 1. The van der Waals surface area contributed by atoms with Crippen LogP contribution >= 0.6 is 15.9 Å². The van der Waals surface area contributed by atoms with Crippen LogP contribution in [0.5, 0.6) is 0 Å². The summed E-state index contributed by atoms with van der Waals surface area (Å²) < 4.78 is 21.5. The monoisotopic (exact) mass is 290 g/mol. The quantitative estimate of drug-likeness (QED) is 0.741. The van der Waals surface area contributed by atoms with E-state index in [2.05, 4.69) is 15.9 Å². The van der Waals surface area contributed by atoms with Gasteiger partial charge in [0.15, 0.2) is 14.3 Å². The topological polar surface area (TPSA) is 54.4 Å². The lowest BCUT2D eigenvalue weighted by atomic mass is 9.99. The summed E-state index contributed by atoms with van der Waals surface area (Å²) in [5.41, 5.74) is 0.412. The van der Waals surface area contributed by atoms with E-state index in [9.17, 15) is 13.5 Å². The van der Waals surface area contributed by atoms with Gasteiger partial charge in [0.25, 0.3) is 0 Å². The number of hydrogen-bond acceptors (Lipinski definition) is 3. The fourth-order valence-electron chi connectivity index (χ4n) is 1.75. The Morgan fingerprint density at radius 3 is 2.33 bits per heavy atom. The van der Waals surface area contributed by atoms with E-state index < -0.39 is 19.1 Å². The largest absolute Gasteiger partial charge is 0.373 e. The van der Waals surface area contributed by atoms with Crippen molar-refractivity contribution >= 4 is 25.8 Å². The van der Waals surface area contributed by atoms with Crippen molar-refractivity contribution in [1.29, 1.82) is 0 Å². The van der Waals surface area contributed by atoms with Crippen molar-refractivity contribution in [3.8, 4) is 0 Å². The lowest BCUT2D eigenvalue weighted by Crippen LogP contribution is -2.42. The Morgan fingerprint density at radius 2 is 1.80 bits per heavy atom. The number of sulfone groups is 1. The van der Waals surface area contributed by atoms with Crippen LogP contribution in [0.2, 0.25) is 0 Å². The van der Waals surface area contributed by atoms with Gasteiger partial charge in [0.1, 0.15) is 4.75 Å². The van der Waals surface area contributed by atoms with Gasteiger partial charge in [-0.1, -0.05) is 18.2 Å². The minimum atomic E-state index is -3.49. The molecule has 2 rings (SSSR count). The average molecular weight is 291 g/mol. The Balaban J connectivity index is 2.90. The van der Waals surface area contributed by atoms with Crippen LogP contribution in [-0.2, 0) is 14.3 Å². The summed E-state index contributed by atoms with van der Waals surface area (Å²) in [4.78, 5) is 0.203. The van der Waals surface area contributed by atoms with Gasteiger partial charge in [0.2, 0.25) is 0 Å². The van der Waals surface area contributed by atoms with E-state index in [4.69, 9.17) is 0 Å². The maximum atomic E-state index is 12.1. The molecule has 0 aromatic heterocycles. The highest BCUT2D eigenvalue weighted by atomic mass is 79.9. The van der Waals surface area contributed by atoms with E-state index >= 15 is 0 Å². The number of rotatable bonds is 0. The molecule has 1 aliphatic heterocycles. The van der Waals surface area contributed by atoms with Crippen LogP contribution in [0, 0.1) is 0 Å². The van der Waals surface area contributed by atoms with Gasteiger partial charge in [-0.15, -0.1) is 0 Å². The standard InChI is InChI=1S/C10H11BrO3S/c1-9(2)10(11,12)7-5-3-4-6-8(7)15(9,13)14/h3-6,12H,1-2H3. The second kappa shape index (κ2) is 2.84. The minimum absolute atomic E-state index is 0.203. The van der Waals surface area contributed by atoms with E-state index in [1.807, 2.05) is 0 Å². The molecular weight excluding hydrogens is 280 g/mol. The van der Waals surface area contributed by atoms with Crippen LogP contribution in [0.3, 0.4) is 0 Å². The third-order valence-corrected chi connectivity index (χ3v) is 7.26. The lowest BCUT2D eigenvalue weighted by molar-refractivity contribution is 0.112. The zero-order chi connectivity index (χ0) is 11.5. The van der Waals surface area contributed by atoms with Crippen molar-refractivity contribution < 1.29 is 13.5 Å². The lowest BCUT2D eigenvalue weighted by Gasteiger charge is -2.29. The normalized spacial score (nSPS) is 31.2. The molecule has 1 N–H and O–H groups in total. The van der Waals surface area contributed by atoms with Crippen molar-refractivity contribution in [1.82, 2.24) is 0 Å². The van der Waals surface area contributed by atoms with Gasteiger partial charge in [0.05, 0.1) is 4.90 Å². The van der Waals surface area contributed by atoms with E-state index in [0.29, 0.717) is 5.56 Å². The van der Waals surface area contributed by atoms with Gasteiger partial charge >= 0.3 is 0 Å². The number of aliphatic hydroxyl groups is 1. The molecule has 0 aliphatic carbocycles. The molecule has 0 radical (unpaired) electrons. The van der Waals surface area contributed by atoms with Crippen LogP contribution in [0.15, 0.2) is 29.2 Å². The molecule has 1 aromatic carbocycles. The fourth-order valence-corrected chi connectivity index (χ4v) is 4.65. The van der Waals surface area contributed by atoms with E-state index in [1.165, 1.54) is 19.9 Å². The van der Waals surface area contributed by atoms with Crippen molar-refractivity contribution in [3.05, 3.63) is 29.8 Å². The molecule has 1 heterocycles. The molecule has 0 spiro atoms. The van der Waals surface area contributed by atoms with Gasteiger partial charge < -0.3 is 5.11 Å². The summed E-state index contributed by atoms with van der Waals surface area (Å²) in [5, 5.41) is 10.2. The maximum Gasteiger partial charge on any atom is 0.188 e. The second-order valence-electron chi connectivity index (χ2n) is 4.13. The summed E-state index contributed by atoms with van der Waals surface area (Å²) >= 11 is 3.11. The number of benzene rings is 1. The summed E-state index contributed by atoms with van der Waals surface area (Å²) in [6, 6.07) is 6.50. The molecule has 1 aromatic rings. The number of hydrogen-bond donors (Lipinski definition) is 1. The van der Waals surface area contributed by atoms with Crippen LogP contribution in [0.25, 0.3) is 0 Å². The molecule has 15 heavy (non-hydrogen) atoms. The summed E-state index contributed by atoms with van der Waals surface area (Å²) in [7, 11) is -3.49. The zero-order valence-electron chi connectivity index (χ0n) is 8.36. The summed E-state index contributed by atoms with van der Waals surface area (Å²) in [6.45, 7) is 3.02. The second-order valence-corrected chi connectivity index (χ2v) is 7.75. The highest BCUT2D eigenvalue weighted by Crippen LogP contribution is 2.53. The van der Waals surface area contributed by atoms with Gasteiger partial charge in [-0.3, -0.25) is 0 Å². The van der Waals surface area contributed by atoms with Gasteiger partial charge in [-0.25, -0.2) is 8.42 Å². The molecule has 0 saturated carbocycles. The van der Waals surface area contributed by atoms with Crippen LogP contribution < -0.4 is 0 Å². The predicted octanol–water partition coefficient (Wildman–Crippen LogP) is 1.79. The molecule has 5 heteroatoms. The SMILES string of the molecule is CC1(C)C(O)(Br)c2ccccc2S1(=O)=O.